The van der Waals surface area contributed by atoms with Crippen LogP contribution in [-0.2, 0) is 4.79 Å². The lowest BCUT2D eigenvalue weighted by Gasteiger charge is -2.27. The number of amides is 1. The number of ether oxygens (including phenoxy) is 1. The molecule has 2 atom stereocenters. The average Bonchev–Trinajstić information content (AvgIpc) is 2.94. The van der Waals surface area contributed by atoms with E-state index in [2.05, 4.69) is 12.2 Å². The van der Waals surface area contributed by atoms with Crippen LogP contribution in [0.5, 0.6) is 5.75 Å². The summed E-state index contributed by atoms with van der Waals surface area (Å²) in [4.78, 5) is 13.3. The van der Waals surface area contributed by atoms with Crippen molar-refractivity contribution in [2.24, 2.45) is 11.0 Å². The molecule has 1 heterocycles. The molecule has 2 aromatic carbocycles. The number of carbonyl (C=O) groups is 1. The van der Waals surface area contributed by atoms with Crippen molar-refractivity contribution in [2.75, 3.05) is 12.1 Å². The van der Waals surface area contributed by atoms with Crippen LogP contribution in [0.4, 0.5) is 5.69 Å². The van der Waals surface area contributed by atoms with E-state index in [0.717, 1.165) is 29.8 Å². The summed E-state index contributed by atoms with van der Waals surface area (Å²) in [6.07, 6.45) is 6.95. The average molecular weight is 440 g/mol. The molecule has 31 heavy (non-hydrogen) atoms. The topological polar surface area (TPSA) is 53.9 Å². The Morgan fingerprint density at radius 3 is 2.39 bits per heavy atom. The van der Waals surface area contributed by atoms with Crippen molar-refractivity contribution in [3.63, 3.8) is 0 Å². The second kappa shape index (κ2) is 9.73. The molecule has 1 aliphatic carbocycles. The van der Waals surface area contributed by atoms with Gasteiger partial charge in [-0.25, -0.2) is 0 Å². The lowest BCUT2D eigenvalue weighted by molar-refractivity contribution is -0.115. The molecular weight excluding hydrogens is 410 g/mol. The van der Waals surface area contributed by atoms with Gasteiger partial charge in [0.1, 0.15) is 11.5 Å². The van der Waals surface area contributed by atoms with Gasteiger partial charge in [0.2, 0.25) is 0 Å². The third-order valence-electron chi connectivity index (χ3n) is 6.36. The Hall–Kier alpha value is -2.53. The molecule has 6 heteroatoms. The van der Waals surface area contributed by atoms with Crippen molar-refractivity contribution >= 4 is 28.9 Å². The predicted octanol–water partition coefficient (Wildman–Crippen LogP) is 5.74. The Balaban J connectivity index is 1.64. The molecule has 0 aromatic heterocycles. The van der Waals surface area contributed by atoms with Gasteiger partial charge in [0, 0.05) is 12.0 Å². The van der Waals surface area contributed by atoms with Gasteiger partial charge in [0.25, 0.3) is 5.91 Å². The number of hydrogen-bond acceptors (Lipinski definition) is 4. The van der Waals surface area contributed by atoms with Crippen LogP contribution in [-0.4, -0.2) is 24.8 Å². The number of benzene rings is 2. The van der Waals surface area contributed by atoms with Crippen LogP contribution >= 0.6 is 11.6 Å². The van der Waals surface area contributed by atoms with Crippen LogP contribution in [0.1, 0.15) is 57.1 Å². The Morgan fingerprint density at radius 1 is 1.06 bits per heavy atom. The molecule has 2 aromatic rings. The van der Waals surface area contributed by atoms with Gasteiger partial charge in [-0.05, 0) is 42.7 Å². The molecule has 0 spiro atoms. The van der Waals surface area contributed by atoms with Gasteiger partial charge in [-0.1, -0.05) is 68.5 Å². The number of nitrogens with one attached hydrogen (secondary N) is 1. The SMILES string of the molecule is COc1ccc([C@H]2[C@@H](C)C(C(=O)NC3CCCCCC3)=NN2c2ccccc2Cl)cc1. The monoisotopic (exact) mass is 439 g/mol. The standard InChI is InChI=1S/C25H30ClN3O2/c1-17-23(25(30)27-19-9-5-3-4-6-10-19)28-29(22-12-8-7-11-21(22)26)24(17)18-13-15-20(31-2)16-14-18/h7-8,11-17,19,24H,3-6,9-10H2,1-2H3,(H,27,30)/t17-,24+/m0/s1. The van der Waals surface area contributed by atoms with Crippen molar-refractivity contribution in [3.8, 4) is 5.75 Å². The Kier molecular flexibility index (Phi) is 6.81. The molecule has 0 saturated heterocycles. The van der Waals surface area contributed by atoms with Crippen LogP contribution in [0.25, 0.3) is 0 Å². The summed E-state index contributed by atoms with van der Waals surface area (Å²) < 4.78 is 5.32. The zero-order valence-corrected chi connectivity index (χ0v) is 18.9. The minimum atomic E-state index is -0.124. The molecule has 1 amide bonds. The first-order chi connectivity index (χ1) is 15.1. The summed E-state index contributed by atoms with van der Waals surface area (Å²) in [5.74, 6) is 0.647. The maximum Gasteiger partial charge on any atom is 0.268 e. The molecule has 4 rings (SSSR count). The van der Waals surface area contributed by atoms with E-state index in [1.807, 2.05) is 53.5 Å². The maximum absolute atomic E-state index is 13.3. The highest BCUT2D eigenvalue weighted by molar-refractivity contribution is 6.40. The maximum atomic E-state index is 13.3. The summed E-state index contributed by atoms with van der Waals surface area (Å²) >= 11 is 6.52. The van der Waals surface area contributed by atoms with Crippen LogP contribution < -0.4 is 15.1 Å². The molecule has 2 aliphatic rings. The Labute approximate surface area is 189 Å². The van der Waals surface area contributed by atoms with E-state index in [1.54, 1.807) is 7.11 Å². The highest BCUT2D eigenvalue weighted by Crippen LogP contribution is 2.42. The molecule has 0 bridgehead atoms. The third kappa shape index (κ3) is 4.72. The highest BCUT2D eigenvalue weighted by atomic mass is 35.5. The van der Waals surface area contributed by atoms with Gasteiger partial charge in [0.05, 0.1) is 23.9 Å². The number of rotatable bonds is 5. The number of para-hydroxylation sites is 1. The summed E-state index contributed by atoms with van der Waals surface area (Å²) in [6, 6.07) is 15.7. The molecule has 0 radical (unpaired) electrons. The molecule has 1 saturated carbocycles. The van der Waals surface area contributed by atoms with E-state index in [1.165, 1.54) is 25.7 Å². The molecule has 0 unspecified atom stereocenters. The van der Waals surface area contributed by atoms with Gasteiger partial charge >= 0.3 is 0 Å². The quantitative estimate of drug-likeness (QED) is 0.604. The van der Waals surface area contributed by atoms with Crippen molar-refractivity contribution in [1.82, 2.24) is 5.32 Å². The van der Waals surface area contributed by atoms with Gasteiger partial charge in [-0.15, -0.1) is 0 Å². The van der Waals surface area contributed by atoms with Crippen LogP contribution in [0, 0.1) is 5.92 Å². The number of anilines is 1. The predicted molar refractivity (Wildman–Crippen MR) is 126 cm³/mol. The molecule has 1 N–H and O–H groups in total. The summed E-state index contributed by atoms with van der Waals surface area (Å²) in [5, 5.41) is 10.6. The summed E-state index contributed by atoms with van der Waals surface area (Å²) in [5.41, 5.74) is 2.42. The second-order valence-electron chi connectivity index (χ2n) is 8.45. The molecule has 5 nitrogen and oxygen atoms in total. The third-order valence-corrected chi connectivity index (χ3v) is 6.68. The van der Waals surface area contributed by atoms with Crippen LogP contribution in [0.15, 0.2) is 53.6 Å². The van der Waals surface area contributed by atoms with Gasteiger partial charge < -0.3 is 10.1 Å². The van der Waals surface area contributed by atoms with Crippen molar-refractivity contribution in [2.45, 2.75) is 57.5 Å². The number of carbonyl (C=O) groups excluding carboxylic acids is 1. The number of nitrogens with zero attached hydrogens (tertiary/aromatic N) is 2. The first kappa shape index (κ1) is 21.7. The van der Waals surface area contributed by atoms with E-state index in [0.29, 0.717) is 10.7 Å². The van der Waals surface area contributed by atoms with E-state index >= 15 is 0 Å². The van der Waals surface area contributed by atoms with Crippen molar-refractivity contribution < 1.29 is 9.53 Å². The number of hydrazone groups is 1. The fourth-order valence-corrected chi connectivity index (χ4v) is 4.86. The van der Waals surface area contributed by atoms with E-state index in [-0.39, 0.29) is 23.9 Å². The minimum absolute atomic E-state index is 0.0625. The molecular formula is C25H30ClN3O2. The lowest BCUT2D eigenvalue weighted by atomic mass is 9.90. The zero-order chi connectivity index (χ0) is 21.8. The number of halogens is 1. The first-order valence-electron chi connectivity index (χ1n) is 11.2. The van der Waals surface area contributed by atoms with E-state index < -0.39 is 0 Å². The fourth-order valence-electron chi connectivity index (χ4n) is 4.64. The largest absolute Gasteiger partial charge is 0.497 e. The van der Waals surface area contributed by atoms with Crippen LogP contribution in [0.2, 0.25) is 5.02 Å². The van der Waals surface area contributed by atoms with Gasteiger partial charge in [-0.3, -0.25) is 9.80 Å². The van der Waals surface area contributed by atoms with Crippen molar-refractivity contribution in [3.05, 3.63) is 59.1 Å². The molecule has 1 fully saturated rings. The Bertz CT molecular complexity index is 936. The number of hydrogen-bond donors (Lipinski definition) is 1. The number of methoxy groups -OCH3 is 1. The second-order valence-corrected chi connectivity index (χ2v) is 8.86. The highest BCUT2D eigenvalue weighted by Gasteiger charge is 2.40. The molecule has 164 valence electrons. The first-order valence-corrected chi connectivity index (χ1v) is 11.5. The van der Waals surface area contributed by atoms with Gasteiger partial charge in [-0.2, -0.15) is 5.10 Å². The zero-order valence-electron chi connectivity index (χ0n) is 18.2. The lowest BCUT2D eigenvalue weighted by Crippen LogP contribution is -2.40. The van der Waals surface area contributed by atoms with Crippen LogP contribution in [0.3, 0.4) is 0 Å². The smallest absolute Gasteiger partial charge is 0.268 e. The van der Waals surface area contributed by atoms with E-state index in [4.69, 9.17) is 21.4 Å². The van der Waals surface area contributed by atoms with E-state index in [9.17, 15) is 4.79 Å². The summed E-state index contributed by atoms with van der Waals surface area (Å²) in [6.45, 7) is 2.07. The molecule has 1 aliphatic heterocycles. The fraction of sp³-hybridized carbons (Fsp3) is 0.440. The normalized spacial score (nSPS) is 22.0. The van der Waals surface area contributed by atoms with Gasteiger partial charge in [0.15, 0.2) is 0 Å². The minimum Gasteiger partial charge on any atom is -0.497 e. The summed E-state index contributed by atoms with van der Waals surface area (Å²) in [7, 11) is 1.66. The Morgan fingerprint density at radius 2 is 1.74 bits per heavy atom. The van der Waals surface area contributed by atoms with Crippen molar-refractivity contribution in [1.29, 1.82) is 0 Å².